The maximum atomic E-state index is 13.1. The van der Waals surface area contributed by atoms with Crippen LogP contribution in [0, 0.1) is 10.1 Å². The van der Waals surface area contributed by atoms with Crippen molar-refractivity contribution in [2.75, 3.05) is 4.90 Å². The molecule has 4 rings (SSSR count). The Morgan fingerprint density at radius 1 is 1.06 bits per heavy atom. The van der Waals surface area contributed by atoms with Crippen LogP contribution in [0.2, 0.25) is 5.02 Å². The van der Waals surface area contributed by atoms with Crippen LogP contribution in [0.5, 0.6) is 0 Å². The van der Waals surface area contributed by atoms with E-state index in [1.807, 2.05) is 0 Å². The normalized spacial score (nSPS) is 15.2. The first-order valence-electron chi connectivity index (χ1n) is 9.39. The molecule has 10 heteroatoms. The second kappa shape index (κ2) is 8.74. The fourth-order valence-corrected chi connectivity index (χ4v) is 3.75. The van der Waals surface area contributed by atoms with Gasteiger partial charge in [-0.3, -0.25) is 29.9 Å². The second-order valence-electron chi connectivity index (χ2n) is 6.88. The Labute approximate surface area is 192 Å². The van der Waals surface area contributed by atoms with Gasteiger partial charge in [-0.15, -0.1) is 0 Å². The molecule has 1 saturated heterocycles. The zero-order valence-electron chi connectivity index (χ0n) is 16.4. The molecular weight excluding hydrogens is 452 g/mol. The van der Waals surface area contributed by atoms with Crippen molar-refractivity contribution in [2.24, 2.45) is 0 Å². The maximum Gasteiger partial charge on any atom is 0.274 e. The maximum absolute atomic E-state index is 13.1. The van der Waals surface area contributed by atoms with E-state index in [0.717, 1.165) is 0 Å². The van der Waals surface area contributed by atoms with Gasteiger partial charge in [0.15, 0.2) is 5.11 Å². The standard InChI is InChI=1S/C22H15ClN4O4S/c23-15-7-9-16(10-8-15)26-21(29)18(20(28)24-22(26)32)12-17-5-3-11-25(17)13-14-4-1-2-6-19(14)27(30)31/h1-12H,13H2,(H,24,28,32)/b18-12+. The highest BCUT2D eigenvalue weighted by atomic mass is 35.5. The summed E-state index contributed by atoms with van der Waals surface area (Å²) in [6, 6.07) is 16.3. The molecule has 0 saturated carbocycles. The number of anilines is 1. The van der Waals surface area contributed by atoms with Crippen molar-refractivity contribution in [2.45, 2.75) is 6.54 Å². The molecule has 8 nitrogen and oxygen atoms in total. The van der Waals surface area contributed by atoms with Gasteiger partial charge in [0.05, 0.1) is 17.2 Å². The topological polar surface area (TPSA) is 97.5 Å². The minimum atomic E-state index is -0.622. The number of nitro benzene ring substituents is 1. The zero-order chi connectivity index (χ0) is 22.8. The van der Waals surface area contributed by atoms with Crippen LogP contribution >= 0.6 is 23.8 Å². The third-order valence-electron chi connectivity index (χ3n) is 4.87. The van der Waals surface area contributed by atoms with Gasteiger partial charge >= 0.3 is 0 Å². The van der Waals surface area contributed by atoms with Crippen molar-refractivity contribution in [3.63, 3.8) is 0 Å². The molecular formula is C22H15ClN4O4S. The fraction of sp³-hybridized carbons (Fsp3) is 0.0455. The molecule has 0 atom stereocenters. The van der Waals surface area contributed by atoms with Crippen LogP contribution in [0.3, 0.4) is 0 Å². The number of benzene rings is 2. The summed E-state index contributed by atoms with van der Waals surface area (Å²) in [5, 5.41) is 14.3. The van der Waals surface area contributed by atoms with Gasteiger partial charge in [-0.25, -0.2) is 0 Å². The van der Waals surface area contributed by atoms with Crippen molar-refractivity contribution in [1.29, 1.82) is 0 Å². The quantitative estimate of drug-likeness (QED) is 0.202. The number of amides is 2. The molecule has 1 aliphatic rings. The first-order valence-corrected chi connectivity index (χ1v) is 10.2. The molecule has 0 bridgehead atoms. The molecule has 0 unspecified atom stereocenters. The molecule has 2 aromatic carbocycles. The molecule has 0 aliphatic carbocycles. The third-order valence-corrected chi connectivity index (χ3v) is 5.41. The predicted octanol–water partition coefficient (Wildman–Crippen LogP) is 3.93. The van der Waals surface area contributed by atoms with Gasteiger partial charge in [0.25, 0.3) is 17.5 Å². The number of nitrogens with one attached hydrogen (secondary N) is 1. The monoisotopic (exact) mass is 466 g/mol. The molecule has 3 aromatic rings. The second-order valence-corrected chi connectivity index (χ2v) is 7.70. The Bertz CT molecular complexity index is 1280. The molecule has 160 valence electrons. The lowest BCUT2D eigenvalue weighted by Crippen LogP contribution is -2.54. The highest BCUT2D eigenvalue weighted by molar-refractivity contribution is 7.80. The number of aromatic nitrogens is 1. The minimum absolute atomic E-state index is 0.00875. The highest BCUT2D eigenvalue weighted by Gasteiger charge is 2.34. The van der Waals surface area contributed by atoms with Crippen LogP contribution in [0.1, 0.15) is 11.3 Å². The average Bonchev–Trinajstić information content (AvgIpc) is 3.19. The summed E-state index contributed by atoms with van der Waals surface area (Å²) in [6.07, 6.45) is 3.16. The number of carbonyl (C=O) groups is 2. The largest absolute Gasteiger partial charge is 0.343 e. The molecule has 0 spiro atoms. The summed E-state index contributed by atoms with van der Waals surface area (Å²) in [5.41, 5.74) is 1.37. The lowest BCUT2D eigenvalue weighted by molar-refractivity contribution is -0.385. The van der Waals surface area contributed by atoms with Gasteiger partial charge in [-0.2, -0.15) is 0 Å². The Kier molecular flexibility index (Phi) is 5.85. The number of hydrogen-bond acceptors (Lipinski definition) is 5. The van der Waals surface area contributed by atoms with Gasteiger partial charge in [0, 0.05) is 28.5 Å². The summed E-state index contributed by atoms with van der Waals surface area (Å²) in [6.45, 7) is 0.193. The van der Waals surface area contributed by atoms with Crippen molar-refractivity contribution >= 4 is 58.2 Å². The zero-order valence-corrected chi connectivity index (χ0v) is 18.0. The number of para-hydroxylation sites is 1. The first kappa shape index (κ1) is 21.4. The minimum Gasteiger partial charge on any atom is -0.343 e. The Hall–Kier alpha value is -3.82. The number of carbonyl (C=O) groups excluding carboxylic acids is 2. The molecule has 1 fully saturated rings. The van der Waals surface area contributed by atoms with E-state index >= 15 is 0 Å². The van der Waals surface area contributed by atoms with Gasteiger partial charge in [0.1, 0.15) is 5.57 Å². The first-order chi connectivity index (χ1) is 15.3. The van der Waals surface area contributed by atoms with Gasteiger partial charge in [0.2, 0.25) is 0 Å². The lowest BCUT2D eigenvalue weighted by atomic mass is 10.1. The van der Waals surface area contributed by atoms with E-state index in [0.29, 0.717) is 22.0 Å². The van der Waals surface area contributed by atoms with Crippen LogP contribution < -0.4 is 10.2 Å². The number of halogens is 1. The third kappa shape index (κ3) is 4.16. The summed E-state index contributed by atoms with van der Waals surface area (Å²) >= 11 is 11.1. The van der Waals surface area contributed by atoms with E-state index in [4.69, 9.17) is 23.8 Å². The van der Waals surface area contributed by atoms with Crippen LogP contribution in [0.15, 0.2) is 72.4 Å². The number of thiocarbonyl (C=S) groups is 1. The van der Waals surface area contributed by atoms with Gasteiger partial charge < -0.3 is 4.57 Å². The number of nitro groups is 1. The smallest absolute Gasteiger partial charge is 0.274 e. The van der Waals surface area contributed by atoms with Crippen LogP contribution in [-0.4, -0.2) is 26.4 Å². The van der Waals surface area contributed by atoms with E-state index in [2.05, 4.69) is 5.32 Å². The van der Waals surface area contributed by atoms with Crippen LogP contribution in [0.4, 0.5) is 11.4 Å². The van der Waals surface area contributed by atoms with Crippen LogP contribution in [0.25, 0.3) is 6.08 Å². The molecule has 0 radical (unpaired) electrons. The lowest BCUT2D eigenvalue weighted by Gasteiger charge is -2.29. The molecule has 2 heterocycles. The Balaban J connectivity index is 1.68. The van der Waals surface area contributed by atoms with Crippen molar-refractivity contribution in [3.8, 4) is 0 Å². The van der Waals surface area contributed by atoms with Gasteiger partial charge in [-0.05, 0) is 54.7 Å². The summed E-state index contributed by atoms with van der Waals surface area (Å²) in [7, 11) is 0. The molecule has 1 N–H and O–H groups in total. The average molecular weight is 467 g/mol. The van der Waals surface area contributed by atoms with Crippen molar-refractivity contribution in [3.05, 3.63) is 98.8 Å². The SMILES string of the molecule is O=C1NC(=S)N(c2ccc(Cl)cc2)C(=O)/C1=C/c1cccn1Cc1ccccc1[N+](=O)[O-]. The van der Waals surface area contributed by atoms with E-state index in [1.54, 1.807) is 65.4 Å². The molecule has 2 amide bonds. The summed E-state index contributed by atoms with van der Waals surface area (Å²) in [5.74, 6) is -1.21. The number of hydrogen-bond donors (Lipinski definition) is 1. The van der Waals surface area contributed by atoms with Gasteiger partial charge in [-0.1, -0.05) is 29.8 Å². The van der Waals surface area contributed by atoms with Crippen molar-refractivity contribution < 1.29 is 14.5 Å². The van der Waals surface area contributed by atoms with Crippen molar-refractivity contribution in [1.82, 2.24) is 9.88 Å². The van der Waals surface area contributed by atoms with E-state index in [1.165, 1.54) is 17.0 Å². The predicted molar refractivity (Wildman–Crippen MR) is 124 cm³/mol. The number of nitrogens with zero attached hydrogens (tertiary/aromatic N) is 3. The van der Waals surface area contributed by atoms with E-state index < -0.39 is 16.7 Å². The molecule has 32 heavy (non-hydrogen) atoms. The van der Waals surface area contributed by atoms with E-state index in [9.17, 15) is 19.7 Å². The number of rotatable bonds is 5. The Morgan fingerprint density at radius 3 is 2.50 bits per heavy atom. The fourth-order valence-electron chi connectivity index (χ4n) is 3.34. The molecule has 1 aromatic heterocycles. The summed E-state index contributed by atoms with van der Waals surface area (Å²) in [4.78, 5) is 37.8. The Morgan fingerprint density at radius 2 is 1.78 bits per heavy atom. The molecule has 1 aliphatic heterocycles. The van der Waals surface area contributed by atoms with Crippen LogP contribution in [-0.2, 0) is 16.1 Å². The summed E-state index contributed by atoms with van der Waals surface area (Å²) < 4.78 is 1.72. The highest BCUT2D eigenvalue weighted by Crippen LogP contribution is 2.25. The van der Waals surface area contributed by atoms with E-state index in [-0.39, 0.29) is 22.9 Å².